The summed E-state index contributed by atoms with van der Waals surface area (Å²) in [6, 6.07) is 0.648. The Morgan fingerprint density at radius 2 is 2.12 bits per heavy atom. The molecule has 0 amide bonds. The first-order valence-corrected chi connectivity index (χ1v) is 6.84. The highest BCUT2D eigenvalue weighted by Gasteiger charge is 2.24. The summed E-state index contributed by atoms with van der Waals surface area (Å²) in [6.07, 6.45) is 4.21. The third kappa shape index (κ3) is 4.81. The fourth-order valence-electron chi connectivity index (χ4n) is 2.30. The molecule has 96 valence electrons. The van der Waals surface area contributed by atoms with Crippen molar-refractivity contribution in [2.45, 2.75) is 52.2 Å². The van der Waals surface area contributed by atoms with E-state index in [0.717, 1.165) is 26.2 Å². The van der Waals surface area contributed by atoms with Gasteiger partial charge in [0.2, 0.25) is 0 Å². The van der Waals surface area contributed by atoms with E-state index in [-0.39, 0.29) is 0 Å². The lowest BCUT2D eigenvalue weighted by molar-refractivity contribution is -0.0560. The minimum atomic E-state index is 0.413. The minimum Gasteiger partial charge on any atom is -0.376 e. The van der Waals surface area contributed by atoms with E-state index in [4.69, 9.17) is 4.74 Å². The molecule has 0 saturated carbocycles. The number of unbranched alkanes of at least 4 members (excludes halogenated alkanes) is 1. The second-order valence-corrected chi connectivity index (χ2v) is 4.76. The molecule has 1 heterocycles. The molecule has 2 atom stereocenters. The summed E-state index contributed by atoms with van der Waals surface area (Å²) in [5.74, 6) is 0. The summed E-state index contributed by atoms with van der Waals surface area (Å²) >= 11 is 0. The van der Waals surface area contributed by atoms with Gasteiger partial charge in [-0.1, -0.05) is 13.8 Å². The number of hydrogen-bond acceptors (Lipinski definition) is 3. The van der Waals surface area contributed by atoms with Gasteiger partial charge in [0.05, 0.1) is 12.7 Å². The standard InChI is InChI=1S/C13H28N2O/c1-4-13-11-16-12(3)10-15(13)9-7-6-8-14-5-2/h12-14H,4-11H2,1-3H3. The zero-order valence-corrected chi connectivity index (χ0v) is 11.2. The van der Waals surface area contributed by atoms with Crippen molar-refractivity contribution >= 4 is 0 Å². The molecule has 1 rings (SSSR count). The summed E-state index contributed by atoms with van der Waals surface area (Å²) in [7, 11) is 0. The molecule has 0 aromatic heterocycles. The third-order valence-electron chi connectivity index (χ3n) is 3.35. The Bertz CT molecular complexity index is 175. The Kier molecular flexibility index (Phi) is 7.01. The lowest BCUT2D eigenvalue weighted by Gasteiger charge is -2.38. The molecule has 0 spiro atoms. The molecule has 1 saturated heterocycles. The SMILES string of the molecule is CCNCCCCN1CC(C)OCC1CC. The Hall–Kier alpha value is -0.120. The maximum absolute atomic E-state index is 5.70. The molecule has 0 aromatic rings. The quantitative estimate of drug-likeness (QED) is 0.673. The highest BCUT2D eigenvalue weighted by molar-refractivity contribution is 4.77. The average Bonchev–Trinajstić information content (AvgIpc) is 2.29. The van der Waals surface area contributed by atoms with Crippen LogP contribution in [0.5, 0.6) is 0 Å². The Morgan fingerprint density at radius 3 is 2.81 bits per heavy atom. The van der Waals surface area contributed by atoms with Gasteiger partial charge in [0, 0.05) is 12.6 Å². The van der Waals surface area contributed by atoms with E-state index in [1.54, 1.807) is 0 Å². The Balaban J connectivity index is 2.16. The zero-order chi connectivity index (χ0) is 11.8. The van der Waals surface area contributed by atoms with E-state index in [1.165, 1.54) is 25.8 Å². The summed E-state index contributed by atoms with van der Waals surface area (Å²) in [5.41, 5.74) is 0. The van der Waals surface area contributed by atoms with Crippen LogP contribution in [0.2, 0.25) is 0 Å². The summed E-state index contributed by atoms with van der Waals surface area (Å²) in [4.78, 5) is 2.61. The molecule has 0 radical (unpaired) electrons. The van der Waals surface area contributed by atoms with Crippen LogP contribution >= 0.6 is 0 Å². The molecule has 1 aliphatic rings. The number of hydrogen-bond donors (Lipinski definition) is 1. The van der Waals surface area contributed by atoms with E-state index in [2.05, 4.69) is 31.0 Å². The van der Waals surface area contributed by atoms with Crippen molar-refractivity contribution in [3.05, 3.63) is 0 Å². The van der Waals surface area contributed by atoms with Crippen molar-refractivity contribution in [2.24, 2.45) is 0 Å². The van der Waals surface area contributed by atoms with Crippen LogP contribution < -0.4 is 5.32 Å². The molecule has 1 N–H and O–H groups in total. The van der Waals surface area contributed by atoms with Crippen molar-refractivity contribution in [3.63, 3.8) is 0 Å². The van der Waals surface area contributed by atoms with Gasteiger partial charge in [0.15, 0.2) is 0 Å². The lowest BCUT2D eigenvalue weighted by Crippen LogP contribution is -2.48. The first-order valence-electron chi connectivity index (χ1n) is 6.84. The van der Waals surface area contributed by atoms with Crippen LogP contribution in [-0.2, 0) is 4.74 Å². The first kappa shape index (κ1) is 13.9. The molecule has 1 fully saturated rings. The van der Waals surface area contributed by atoms with Gasteiger partial charge >= 0.3 is 0 Å². The van der Waals surface area contributed by atoms with Crippen molar-refractivity contribution in [3.8, 4) is 0 Å². The molecule has 16 heavy (non-hydrogen) atoms. The molecule has 0 aliphatic carbocycles. The van der Waals surface area contributed by atoms with E-state index < -0.39 is 0 Å². The van der Waals surface area contributed by atoms with Gasteiger partial charge in [0.25, 0.3) is 0 Å². The third-order valence-corrected chi connectivity index (χ3v) is 3.35. The first-order chi connectivity index (χ1) is 7.77. The van der Waals surface area contributed by atoms with E-state index >= 15 is 0 Å². The molecule has 2 unspecified atom stereocenters. The maximum Gasteiger partial charge on any atom is 0.0674 e. The van der Waals surface area contributed by atoms with Crippen LogP contribution in [0.15, 0.2) is 0 Å². The second kappa shape index (κ2) is 8.04. The van der Waals surface area contributed by atoms with Crippen molar-refractivity contribution in [1.82, 2.24) is 10.2 Å². The molecule has 0 aromatic carbocycles. The van der Waals surface area contributed by atoms with E-state index in [1.807, 2.05) is 0 Å². The molecule has 3 heteroatoms. The highest BCUT2D eigenvalue weighted by Crippen LogP contribution is 2.14. The molecular formula is C13H28N2O. The Labute approximate surface area is 101 Å². The predicted octanol–water partition coefficient (Wildman–Crippen LogP) is 1.88. The van der Waals surface area contributed by atoms with Crippen LogP contribution in [0.4, 0.5) is 0 Å². The predicted molar refractivity (Wildman–Crippen MR) is 68.8 cm³/mol. The van der Waals surface area contributed by atoms with Gasteiger partial charge < -0.3 is 10.1 Å². The number of morpholine rings is 1. The summed E-state index contributed by atoms with van der Waals surface area (Å²) in [5, 5.41) is 3.38. The summed E-state index contributed by atoms with van der Waals surface area (Å²) in [6.45, 7) is 12.1. The van der Waals surface area contributed by atoms with Crippen molar-refractivity contribution in [1.29, 1.82) is 0 Å². The maximum atomic E-state index is 5.70. The van der Waals surface area contributed by atoms with Gasteiger partial charge in [-0.3, -0.25) is 4.90 Å². The monoisotopic (exact) mass is 228 g/mol. The van der Waals surface area contributed by atoms with Crippen molar-refractivity contribution in [2.75, 3.05) is 32.8 Å². The molecular weight excluding hydrogens is 200 g/mol. The number of ether oxygens (including phenoxy) is 1. The number of nitrogens with zero attached hydrogens (tertiary/aromatic N) is 1. The van der Waals surface area contributed by atoms with Crippen LogP contribution in [0.25, 0.3) is 0 Å². The Morgan fingerprint density at radius 1 is 1.31 bits per heavy atom. The topological polar surface area (TPSA) is 24.5 Å². The largest absolute Gasteiger partial charge is 0.376 e. The van der Waals surface area contributed by atoms with E-state index in [9.17, 15) is 0 Å². The van der Waals surface area contributed by atoms with Gasteiger partial charge in [-0.15, -0.1) is 0 Å². The molecule has 1 aliphatic heterocycles. The van der Waals surface area contributed by atoms with Crippen LogP contribution in [0, 0.1) is 0 Å². The normalized spacial score (nSPS) is 27.2. The molecule has 3 nitrogen and oxygen atoms in total. The fraction of sp³-hybridized carbons (Fsp3) is 1.00. The minimum absolute atomic E-state index is 0.413. The van der Waals surface area contributed by atoms with Gasteiger partial charge in [0.1, 0.15) is 0 Å². The van der Waals surface area contributed by atoms with Crippen LogP contribution in [0.3, 0.4) is 0 Å². The van der Waals surface area contributed by atoms with Crippen LogP contribution in [0.1, 0.15) is 40.0 Å². The highest BCUT2D eigenvalue weighted by atomic mass is 16.5. The fourth-order valence-corrected chi connectivity index (χ4v) is 2.30. The zero-order valence-electron chi connectivity index (χ0n) is 11.2. The number of nitrogens with one attached hydrogen (secondary N) is 1. The number of rotatable bonds is 7. The average molecular weight is 228 g/mol. The van der Waals surface area contributed by atoms with Gasteiger partial charge in [-0.25, -0.2) is 0 Å². The van der Waals surface area contributed by atoms with Gasteiger partial charge in [-0.05, 0) is 45.8 Å². The van der Waals surface area contributed by atoms with E-state index in [0.29, 0.717) is 12.1 Å². The smallest absolute Gasteiger partial charge is 0.0674 e. The summed E-state index contributed by atoms with van der Waals surface area (Å²) < 4.78 is 5.70. The van der Waals surface area contributed by atoms with Gasteiger partial charge in [-0.2, -0.15) is 0 Å². The van der Waals surface area contributed by atoms with Crippen molar-refractivity contribution < 1.29 is 4.74 Å². The second-order valence-electron chi connectivity index (χ2n) is 4.76. The molecule has 0 bridgehead atoms. The van der Waals surface area contributed by atoms with Crippen LogP contribution in [-0.4, -0.2) is 49.8 Å². The lowest BCUT2D eigenvalue weighted by atomic mass is 10.1.